The maximum Gasteiger partial charge on any atom is 0.305 e. The van der Waals surface area contributed by atoms with Gasteiger partial charge in [0.2, 0.25) is 0 Å². The van der Waals surface area contributed by atoms with Crippen molar-refractivity contribution < 1.29 is 66.4 Å². The maximum absolute atomic E-state index is 11.8. The quantitative estimate of drug-likeness (QED) is 0.106. The first kappa shape index (κ1) is 38.0. The molecule has 0 aliphatic heterocycles. The SMILES string of the molecule is O=C(O)CCOCCOCCOCCOCCOCCOCCOCCOCCOCCOCCOCCF. The highest BCUT2D eigenvalue weighted by Crippen LogP contribution is 1.87. The van der Waals surface area contributed by atoms with Crippen LogP contribution in [0, 0.1) is 0 Å². The van der Waals surface area contributed by atoms with Gasteiger partial charge in [0, 0.05) is 0 Å². The van der Waals surface area contributed by atoms with Crippen LogP contribution >= 0.6 is 0 Å². The zero-order valence-electron chi connectivity index (χ0n) is 23.2. The molecule has 14 heteroatoms. The molecular weight excluding hydrogens is 527 g/mol. The maximum atomic E-state index is 11.8. The van der Waals surface area contributed by atoms with Gasteiger partial charge in [-0.2, -0.15) is 0 Å². The number of ether oxygens (including phenoxy) is 11. The molecule has 13 nitrogen and oxygen atoms in total. The monoisotopic (exact) mass is 576 g/mol. The fourth-order valence-electron chi connectivity index (χ4n) is 2.52. The van der Waals surface area contributed by atoms with Crippen molar-refractivity contribution in [2.45, 2.75) is 6.42 Å². The van der Waals surface area contributed by atoms with Crippen LogP contribution in [0.4, 0.5) is 4.39 Å². The van der Waals surface area contributed by atoms with E-state index < -0.39 is 12.6 Å². The topological polar surface area (TPSA) is 139 Å². The molecule has 0 saturated heterocycles. The Bertz CT molecular complexity index is 477. The molecule has 0 bridgehead atoms. The summed E-state index contributed by atoms with van der Waals surface area (Å²) in [7, 11) is 0. The molecule has 0 rings (SSSR count). The Morgan fingerprint density at radius 1 is 0.359 bits per heavy atom. The lowest BCUT2D eigenvalue weighted by molar-refractivity contribution is -0.138. The number of aliphatic carboxylic acids is 1. The first-order valence-electron chi connectivity index (χ1n) is 13.4. The van der Waals surface area contributed by atoms with Gasteiger partial charge in [-0.15, -0.1) is 0 Å². The van der Waals surface area contributed by atoms with Crippen molar-refractivity contribution in [2.75, 3.05) is 152 Å². The van der Waals surface area contributed by atoms with Gasteiger partial charge in [-0.3, -0.25) is 4.79 Å². The van der Waals surface area contributed by atoms with Crippen molar-refractivity contribution in [3.8, 4) is 0 Å². The predicted octanol–water partition coefficient (Wildman–Crippen LogP) is 0.613. The van der Waals surface area contributed by atoms with Crippen LogP contribution in [0.3, 0.4) is 0 Å². The molecular formula is C25H49FO13. The number of carbonyl (C=O) groups is 1. The van der Waals surface area contributed by atoms with E-state index in [1.165, 1.54) is 0 Å². The lowest BCUT2D eigenvalue weighted by Crippen LogP contribution is -2.15. The molecule has 0 fully saturated rings. The van der Waals surface area contributed by atoms with Gasteiger partial charge in [-0.25, -0.2) is 4.39 Å². The third-order valence-electron chi connectivity index (χ3n) is 4.40. The molecule has 0 amide bonds. The summed E-state index contributed by atoms with van der Waals surface area (Å²) >= 11 is 0. The first-order chi connectivity index (χ1) is 19.3. The Balaban J connectivity index is 3.02. The van der Waals surface area contributed by atoms with Gasteiger partial charge in [0.1, 0.15) is 6.67 Å². The van der Waals surface area contributed by atoms with Crippen molar-refractivity contribution in [1.29, 1.82) is 0 Å². The average Bonchev–Trinajstić information content (AvgIpc) is 2.93. The number of halogens is 1. The predicted molar refractivity (Wildman–Crippen MR) is 137 cm³/mol. The van der Waals surface area contributed by atoms with Crippen molar-refractivity contribution in [2.24, 2.45) is 0 Å². The molecule has 0 unspecified atom stereocenters. The second-order valence-corrected chi connectivity index (χ2v) is 7.57. The van der Waals surface area contributed by atoms with Gasteiger partial charge in [-0.1, -0.05) is 0 Å². The smallest absolute Gasteiger partial charge is 0.305 e. The lowest BCUT2D eigenvalue weighted by atomic mass is 10.5. The van der Waals surface area contributed by atoms with Gasteiger partial charge in [0.25, 0.3) is 0 Å². The van der Waals surface area contributed by atoms with E-state index >= 15 is 0 Å². The number of rotatable bonds is 35. The molecule has 0 aromatic heterocycles. The van der Waals surface area contributed by atoms with E-state index in [0.29, 0.717) is 132 Å². The second-order valence-electron chi connectivity index (χ2n) is 7.57. The molecule has 0 atom stereocenters. The van der Waals surface area contributed by atoms with Gasteiger partial charge < -0.3 is 57.2 Å². The van der Waals surface area contributed by atoms with Crippen LogP contribution in [0.25, 0.3) is 0 Å². The van der Waals surface area contributed by atoms with Crippen LogP contribution in [0.15, 0.2) is 0 Å². The standard InChI is InChI=1S/C25H49FO13/c26-2-4-30-6-8-32-10-12-34-14-16-36-18-20-38-22-24-39-23-21-37-19-17-35-15-13-33-11-9-31-7-5-29-3-1-25(27)28/h1-24H2,(H,27,28). The van der Waals surface area contributed by atoms with E-state index in [1.807, 2.05) is 0 Å². The Hall–Kier alpha value is -1.04. The fourth-order valence-corrected chi connectivity index (χ4v) is 2.52. The summed E-state index contributed by atoms with van der Waals surface area (Å²) in [6.07, 6.45) is -0.00402. The van der Waals surface area contributed by atoms with Crippen LogP contribution in [0.5, 0.6) is 0 Å². The van der Waals surface area contributed by atoms with Gasteiger partial charge in [-0.05, 0) is 0 Å². The summed E-state index contributed by atoms with van der Waals surface area (Å²) in [5.41, 5.74) is 0. The minimum absolute atomic E-state index is 0.00402. The third kappa shape index (κ3) is 37.0. The minimum Gasteiger partial charge on any atom is -0.481 e. The summed E-state index contributed by atoms with van der Waals surface area (Å²) in [6, 6.07) is 0. The average molecular weight is 577 g/mol. The molecule has 0 saturated carbocycles. The van der Waals surface area contributed by atoms with Gasteiger partial charge in [0.15, 0.2) is 0 Å². The van der Waals surface area contributed by atoms with E-state index in [-0.39, 0.29) is 19.6 Å². The molecule has 0 aromatic carbocycles. The van der Waals surface area contributed by atoms with E-state index in [9.17, 15) is 9.18 Å². The van der Waals surface area contributed by atoms with Crippen LogP contribution in [-0.2, 0) is 56.9 Å². The van der Waals surface area contributed by atoms with Crippen LogP contribution in [0.2, 0.25) is 0 Å². The van der Waals surface area contributed by atoms with Crippen molar-refractivity contribution in [3.05, 3.63) is 0 Å². The molecule has 0 aromatic rings. The summed E-state index contributed by atoms with van der Waals surface area (Å²) in [5.74, 6) is -0.876. The van der Waals surface area contributed by atoms with Crippen LogP contribution in [-0.4, -0.2) is 163 Å². The Kier molecular flexibility index (Phi) is 34.1. The zero-order valence-corrected chi connectivity index (χ0v) is 23.2. The van der Waals surface area contributed by atoms with Crippen molar-refractivity contribution >= 4 is 5.97 Å². The molecule has 0 spiro atoms. The number of alkyl halides is 1. The highest BCUT2D eigenvalue weighted by atomic mass is 19.1. The van der Waals surface area contributed by atoms with E-state index in [4.69, 9.17) is 57.2 Å². The number of hydrogen-bond acceptors (Lipinski definition) is 12. The summed E-state index contributed by atoms with van der Waals surface area (Å²) in [6.45, 7) is 9.03. The first-order valence-corrected chi connectivity index (χ1v) is 13.4. The lowest BCUT2D eigenvalue weighted by Gasteiger charge is -2.09. The van der Waals surface area contributed by atoms with Crippen LogP contribution in [0.1, 0.15) is 6.42 Å². The van der Waals surface area contributed by atoms with E-state index in [0.717, 1.165) is 0 Å². The Morgan fingerprint density at radius 2 is 0.538 bits per heavy atom. The van der Waals surface area contributed by atoms with Gasteiger partial charge in [0.05, 0.1) is 152 Å². The Morgan fingerprint density at radius 3 is 0.718 bits per heavy atom. The van der Waals surface area contributed by atoms with Gasteiger partial charge >= 0.3 is 5.97 Å². The van der Waals surface area contributed by atoms with Crippen molar-refractivity contribution in [1.82, 2.24) is 0 Å². The number of carboxylic acids is 1. The third-order valence-corrected chi connectivity index (χ3v) is 4.40. The second kappa shape index (κ2) is 35.0. The van der Waals surface area contributed by atoms with Crippen LogP contribution < -0.4 is 0 Å². The summed E-state index contributed by atoms with van der Waals surface area (Å²) < 4.78 is 70.2. The molecule has 0 aliphatic rings. The van der Waals surface area contributed by atoms with E-state index in [2.05, 4.69) is 0 Å². The fraction of sp³-hybridized carbons (Fsp3) is 0.960. The normalized spacial score (nSPS) is 11.4. The molecule has 234 valence electrons. The molecule has 39 heavy (non-hydrogen) atoms. The van der Waals surface area contributed by atoms with E-state index in [1.54, 1.807) is 0 Å². The highest BCUT2D eigenvalue weighted by molar-refractivity contribution is 5.66. The highest BCUT2D eigenvalue weighted by Gasteiger charge is 1.97. The summed E-state index contributed by atoms with van der Waals surface area (Å²) in [5, 5.41) is 8.47. The zero-order chi connectivity index (χ0) is 28.3. The molecule has 0 radical (unpaired) electrons. The number of carboxylic acid groups (broad SMARTS) is 1. The minimum atomic E-state index is -0.876. The largest absolute Gasteiger partial charge is 0.481 e. The Labute approximate surface area is 231 Å². The molecule has 0 aliphatic carbocycles. The van der Waals surface area contributed by atoms with Crippen molar-refractivity contribution in [3.63, 3.8) is 0 Å². The number of hydrogen-bond donors (Lipinski definition) is 1. The molecule has 1 N–H and O–H groups in total. The molecule has 0 heterocycles. The summed E-state index contributed by atoms with van der Waals surface area (Å²) in [4.78, 5) is 10.3.